The van der Waals surface area contributed by atoms with E-state index in [1.165, 1.54) is 0 Å². The molecule has 1 fully saturated rings. The molecule has 1 amide bonds. The maximum Gasteiger partial charge on any atom is 0.227 e. The molecule has 2 aromatic heterocycles. The monoisotopic (exact) mass is 350 g/mol. The molecule has 1 N–H and O–H groups in total. The summed E-state index contributed by atoms with van der Waals surface area (Å²) in [6.45, 7) is 2.15. The van der Waals surface area contributed by atoms with Crippen LogP contribution in [0.3, 0.4) is 0 Å². The Bertz CT molecular complexity index is 899. The van der Waals surface area contributed by atoms with Gasteiger partial charge in [-0.15, -0.1) is 0 Å². The van der Waals surface area contributed by atoms with Crippen molar-refractivity contribution in [2.75, 3.05) is 18.0 Å². The third-order valence-electron chi connectivity index (χ3n) is 4.90. The van der Waals surface area contributed by atoms with Crippen molar-refractivity contribution in [2.45, 2.75) is 19.4 Å². The average molecular weight is 350 g/mol. The van der Waals surface area contributed by atoms with Gasteiger partial charge in [0.05, 0.1) is 12.5 Å². The predicted octanol–water partition coefficient (Wildman–Crippen LogP) is 1.90. The van der Waals surface area contributed by atoms with Crippen LogP contribution in [0.1, 0.15) is 18.4 Å². The number of piperidine rings is 1. The van der Waals surface area contributed by atoms with Gasteiger partial charge in [-0.3, -0.25) is 4.79 Å². The van der Waals surface area contributed by atoms with Gasteiger partial charge in [0.2, 0.25) is 11.9 Å². The molecule has 1 aromatic carbocycles. The van der Waals surface area contributed by atoms with Crippen molar-refractivity contribution < 1.29 is 4.79 Å². The van der Waals surface area contributed by atoms with Crippen LogP contribution in [0.25, 0.3) is 11.2 Å². The summed E-state index contributed by atoms with van der Waals surface area (Å²) in [5, 5.41) is 3.05. The molecule has 0 saturated carbocycles. The van der Waals surface area contributed by atoms with Crippen LogP contribution in [0.5, 0.6) is 0 Å². The first-order chi connectivity index (χ1) is 12.7. The lowest BCUT2D eigenvalue weighted by Crippen LogP contribution is -2.41. The van der Waals surface area contributed by atoms with Crippen LogP contribution in [0.15, 0.2) is 42.9 Å². The third-order valence-corrected chi connectivity index (χ3v) is 4.90. The molecule has 3 aromatic rings. The fourth-order valence-corrected chi connectivity index (χ4v) is 3.34. The highest BCUT2D eigenvalue weighted by atomic mass is 16.1. The Morgan fingerprint density at radius 3 is 2.73 bits per heavy atom. The Labute approximate surface area is 152 Å². The number of nitrogens with one attached hydrogen (secondary N) is 1. The second-order valence-corrected chi connectivity index (χ2v) is 6.70. The minimum Gasteiger partial charge on any atom is -0.352 e. The normalized spacial score (nSPS) is 15.3. The van der Waals surface area contributed by atoms with E-state index in [-0.39, 0.29) is 11.8 Å². The van der Waals surface area contributed by atoms with Crippen LogP contribution >= 0.6 is 0 Å². The van der Waals surface area contributed by atoms with Crippen molar-refractivity contribution in [3.63, 3.8) is 0 Å². The summed E-state index contributed by atoms with van der Waals surface area (Å²) in [6, 6.07) is 9.99. The quantitative estimate of drug-likeness (QED) is 0.778. The van der Waals surface area contributed by atoms with Gasteiger partial charge in [0, 0.05) is 32.6 Å². The highest BCUT2D eigenvalue weighted by Crippen LogP contribution is 2.22. The van der Waals surface area contributed by atoms with Crippen molar-refractivity contribution >= 4 is 23.0 Å². The van der Waals surface area contributed by atoms with Gasteiger partial charge >= 0.3 is 0 Å². The Hall–Kier alpha value is -2.96. The first kappa shape index (κ1) is 16.5. The van der Waals surface area contributed by atoms with E-state index in [1.54, 1.807) is 12.5 Å². The molecule has 0 aliphatic carbocycles. The molecule has 26 heavy (non-hydrogen) atoms. The van der Waals surface area contributed by atoms with Crippen LogP contribution in [-0.4, -0.2) is 38.5 Å². The van der Waals surface area contributed by atoms with Gasteiger partial charge in [-0.25, -0.2) is 9.97 Å². The van der Waals surface area contributed by atoms with Crippen LogP contribution in [0, 0.1) is 5.92 Å². The largest absolute Gasteiger partial charge is 0.352 e. The SMILES string of the molecule is Cn1cnc2cnc(N3CCC(C(=O)NCc4ccccc4)CC3)nc21. The molecule has 134 valence electrons. The third kappa shape index (κ3) is 3.37. The molecule has 0 atom stereocenters. The van der Waals surface area contributed by atoms with E-state index in [0.29, 0.717) is 12.5 Å². The molecule has 0 unspecified atom stereocenters. The molecule has 0 spiro atoms. The number of fused-ring (bicyclic) bond motifs is 1. The standard InChI is InChI=1S/C19H22N6O/c1-24-13-22-16-12-21-19(23-17(16)24)25-9-7-15(8-10-25)18(26)20-11-14-5-3-2-4-6-14/h2-6,12-13,15H,7-11H2,1H3,(H,20,26). The van der Waals surface area contributed by atoms with Crippen LogP contribution in [-0.2, 0) is 18.4 Å². The smallest absolute Gasteiger partial charge is 0.227 e. The van der Waals surface area contributed by atoms with E-state index >= 15 is 0 Å². The topological polar surface area (TPSA) is 75.9 Å². The van der Waals surface area contributed by atoms with Gasteiger partial charge in [0.25, 0.3) is 0 Å². The highest BCUT2D eigenvalue weighted by Gasteiger charge is 2.26. The van der Waals surface area contributed by atoms with E-state index in [2.05, 4.69) is 25.2 Å². The minimum atomic E-state index is 0.0513. The Morgan fingerprint density at radius 1 is 1.19 bits per heavy atom. The Kier molecular flexibility index (Phi) is 4.51. The van der Waals surface area contributed by atoms with E-state index < -0.39 is 0 Å². The number of benzene rings is 1. The summed E-state index contributed by atoms with van der Waals surface area (Å²) in [7, 11) is 1.93. The molecular weight excluding hydrogens is 328 g/mol. The van der Waals surface area contributed by atoms with E-state index in [0.717, 1.165) is 42.7 Å². The summed E-state index contributed by atoms with van der Waals surface area (Å²) in [5.41, 5.74) is 2.75. The van der Waals surface area contributed by atoms with E-state index in [9.17, 15) is 4.79 Å². The number of imidazole rings is 1. The zero-order valence-electron chi connectivity index (χ0n) is 14.8. The fraction of sp³-hybridized carbons (Fsp3) is 0.368. The molecule has 1 aliphatic heterocycles. The van der Waals surface area contributed by atoms with Gasteiger partial charge in [-0.2, -0.15) is 4.98 Å². The summed E-state index contributed by atoms with van der Waals surface area (Å²) in [5.74, 6) is 0.899. The highest BCUT2D eigenvalue weighted by molar-refractivity contribution is 5.79. The zero-order valence-corrected chi connectivity index (χ0v) is 14.8. The summed E-state index contributed by atoms with van der Waals surface area (Å²) in [6.07, 6.45) is 5.13. The minimum absolute atomic E-state index is 0.0513. The molecule has 0 radical (unpaired) electrons. The molecule has 1 aliphatic rings. The lowest BCUT2D eigenvalue weighted by atomic mass is 9.96. The van der Waals surface area contributed by atoms with Crippen molar-refractivity contribution in [1.29, 1.82) is 0 Å². The number of amides is 1. The van der Waals surface area contributed by atoms with Gasteiger partial charge in [-0.1, -0.05) is 30.3 Å². The average Bonchev–Trinajstić information content (AvgIpc) is 3.07. The molecule has 7 heteroatoms. The number of aryl methyl sites for hydroxylation is 1. The molecule has 0 bridgehead atoms. The maximum atomic E-state index is 12.4. The summed E-state index contributed by atoms with van der Waals surface area (Å²) in [4.78, 5) is 27.9. The second-order valence-electron chi connectivity index (χ2n) is 6.70. The van der Waals surface area contributed by atoms with E-state index in [4.69, 9.17) is 0 Å². The summed E-state index contributed by atoms with van der Waals surface area (Å²) >= 11 is 0. The predicted molar refractivity (Wildman–Crippen MR) is 99.5 cm³/mol. The molecular formula is C19H22N6O. The van der Waals surface area contributed by atoms with Crippen LogP contribution in [0.4, 0.5) is 5.95 Å². The Balaban J connectivity index is 1.34. The maximum absolute atomic E-state index is 12.4. The summed E-state index contributed by atoms with van der Waals surface area (Å²) < 4.78 is 1.89. The molecule has 3 heterocycles. The van der Waals surface area contributed by atoms with Crippen molar-refractivity contribution in [3.05, 3.63) is 48.4 Å². The zero-order chi connectivity index (χ0) is 17.9. The lowest BCUT2D eigenvalue weighted by molar-refractivity contribution is -0.125. The van der Waals surface area contributed by atoms with Gasteiger partial charge < -0.3 is 14.8 Å². The Morgan fingerprint density at radius 2 is 1.96 bits per heavy atom. The number of carbonyl (C=O) groups excluding carboxylic acids is 1. The molecule has 1 saturated heterocycles. The number of hydrogen-bond donors (Lipinski definition) is 1. The van der Waals surface area contributed by atoms with Crippen molar-refractivity contribution in [2.24, 2.45) is 13.0 Å². The number of aromatic nitrogens is 4. The van der Waals surface area contributed by atoms with Gasteiger partial charge in [-0.05, 0) is 18.4 Å². The van der Waals surface area contributed by atoms with Crippen LogP contribution < -0.4 is 10.2 Å². The van der Waals surface area contributed by atoms with Crippen molar-refractivity contribution in [3.8, 4) is 0 Å². The molecule has 7 nitrogen and oxygen atoms in total. The number of rotatable bonds is 4. The lowest BCUT2D eigenvalue weighted by Gasteiger charge is -2.31. The van der Waals surface area contributed by atoms with E-state index in [1.807, 2.05) is 41.9 Å². The van der Waals surface area contributed by atoms with Crippen molar-refractivity contribution in [1.82, 2.24) is 24.8 Å². The van der Waals surface area contributed by atoms with Gasteiger partial charge in [0.15, 0.2) is 5.65 Å². The number of nitrogens with zero attached hydrogens (tertiary/aromatic N) is 5. The first-order valence-corrected chi connectivity index (χ1v) is 8.91. The first-order valence-electron chi connectivity index (χ1n) is 8.91. The number of hydrogen-bond acceptors (Lipinski definition) is 5. The number of carbonyl (C=O) groups is 1. The van der Waals surface area contributed by atoms with Gasteiger partial charge in [0.1, 0.15) is 5.52 Å². The molecule has 4 rings (SSSR count). The van der Waals surface area contributed by atoms with Crippen LogP contribution in [0.2, 0.25) is 0 Å². The number of anilines is 1. The fourth-order valence-electron chi connectivity index (χ4n) is 3.34. The second kappa shape index (κ2) is 7.11.